The monoisotopic (exact) mass is 266 g/mol. The summed E-state index contributed by atoms with van der Waals surface area (Å²) in [5.41, 5.74) is 2.25. The normalized spacial score (nSPS) is 14.6. The van der Waals surface area contributed by atoms with Crippen molar-refractivity contribution in [2.24, 2.45) is 0 Å². The Kier molecular flexibility index (Phi) is 2.74. The number of rotatable bonds is 1. The minimum Gasteiger partial charge on any atom is -0.508 e. The second kappa shape index (κ2) is 4.28. The molecule has 0 unspecified atom stereocenters. The summed E-state index contributed by atoms with van der Waals surface area (Å²) in [6.07, 6.45) is 3.98. The lowest BCUT2D eigenvalue weighted by atomic mass is 9.99. The van der Waals surface area contributed by atoms with Crippen LogP contribution in [-0.2, 0) is 12.8 Å². The van der Waals surface area contributed by atoms with Crippen molar-refractivity contribution in [1.82, 2.24) is 9.78 Å². The van der Waals surface area contributed by atoms with Crippen LogP contribution in [0, 0.1) is 5.82 Å². The van der Waals surface area contributed by atoms with E-state index in [2.05, 4.69) is 5.10 Å². The van der Waals surface area contributed by atoms with Gasteiger partial charge in [-0.15, -0.1) is 0 Å². The first-order valence-corrected chi connectivity index (χ1v) is 6.30. The molecule has 1 heterocycles. The summed E-state index contributed by atoms with van der Waals surface area (Å²) >= 11 is 6.26. The Labute approximate surface area is 109 Å². The van der Waals surface area contributed by atoms with Gasteiger partial charge >= 0.3 is 0 Å². The minimum absolute atomic E-state index is 0.107. The van der Waals surface area contributed by atoms with Gasteiger partial charge in [0.05, 0.1) is 5.69 Å². The number of aromatic hydroxyl groups is 1. The summed E-state index contributed by atoms with van der Waals surface area (Å²) < 4.78 is 15.2. The Morgan fingerprint density at radius 3 is 2.78 bits per heavy atom. The average molecular weight is 267 g/mol. The highest BCUT2D eigenvalue weighted by molar-refractivity contribution is 6.30. The Balaban J connectivity index is 2.14. The molecule has 0 amide bonds. The van der Waals surface area contributed by atoms with Crippen LogP contribution in [0.1, 0.15) is 24.1 Å². The molecule has 0 aliphatic heterocycles. The number of fused-ring (bicyclic) bond motifs is 1. The van der Waals surface area contributed by atoms with Gasteiger partial charge in [-0.2, -0.15) is 5.10 Å². The van der Waals surface area contributed by atoms with Crippen LogP contribution in [0.4, 0.5) is 4.39 Å². The molecule has 3 nitrogen and oxygen atoms in total. The smallest absolute Gasteiger partial charge is 0.152 e. The molecule has 18 heavy (non-hydrogen) atoms. The van der Waals surface area contributed by atoms with E-state index in [9.17, 15) is 9.50 Å². The lowest BCUT2D eigenvalue weighted by molar-refractivity contribution is 0.468. The molecule has 5 heteroatoms. The van der Waals surface area contributed by atoms with E-state index in [1.807, 2.05) is 0 Å². The van der Waals surface area contributed by atoms with E-state index < -0.39 is 5.82 Å². The number of hydrogen-bond acceptors (Lipinski definition) is 2. The molecule has 94 valence electrons. The van der Waals surface area contributed by atoms with Crippen molar-refractivity contribution in [3.63, 3.8) is 0 Å². The number of phenols is 1. The summed E-state index contributed by atoms with van der Waals surface area (Å²) in [6.45, 7) is 0. The van der Waals surface area contributed by atoms with Crippen molar-refractivity contribution >= 4 is 11.6 Å². The van der Waals surface area contributed by atoms with Crippen LogP contribution in [0.5, 0.6) is 5.75 Å². The molecule has 0 radical (unpaired) electrons. The third-order valence-corrected chi connectivity index (χ3v) is 3.64. The van der Waals surface area contributed by atoms with Gasteiger partial charge in [-0.25, -0.2) is 9.07 Å². The van der Waals surface area contributed by atoms with Crippen LogP contribution >= 0.6 is 11.6 Å². The van der Waals surface area contributed by atoms with Crippen molar-refractivity contribution in [2.45, 2.75) is 25.7 Å². The summed E-state index contributed by atoms with van der Waals surface area (Å²) in [5, 5.41) is 14.1. The molecule has 0 bridgehead atoms. The van der Waals surface area contributed by atoms with E-state index in [0.717, 1.165) is 43.0 Å². The van der Waals surface area contributed by atoms with Crippen LogP contribution in [0.15, 0.2) is 18.2 Å². The van der Waals surface area contributed by atoms with Gasteiger partial charge in [0.2, 0.25) is 0 Å². The minimum atomic E-state index is -0.531. The van der Waals surface area contributed by atoms with Crippen LogP contribution in [-0.4, -0.2) is 14.9 Å². The molecule has 0 saturated heterocycles. The maximum absolute atomic E-state index is 13.8. The van der Waals surface area contributed by atoms with E-state index in [1.165, 1.54) is 16.8 Å². The highest BCUT2D eigenvalue weighted by atomic mass is 35.5. The maximum Gasteiger partial charge on any atom is 0.152 e. The van der Waals surface area contributed by atoms with Crippen LogP contribution < -0.4 is 0 Å². The summed E-state index contributed by atoms with van der Waals surface area (Å²) in [6, 6.07) is 3.97. The SMILES string of the molecule is Oc1ccc(-n2nc3c(c2Cl)CCCC3)c(F)c1. The number of hydrogen-bond donors (Lipinski definition) is 1. The number of nitrogens with zero attached hydrogens (tertiary/aromatic N) is 2. The molecule has 0 fully saturated rings. The topological polar surface area (TPSA) is 38.0 Å². The second-order valence-electron chi connectivity index (χ2n) is 4.47. The quantitative estimate of drug-likeness (QED) is 0.860. The summed E-state index contributed by atoms with van der Waals surface area (Å²) in [7, 11) is 0. The zero-order valence-corrected chi connectivity index (χ0v) is 10.4. The zero-order chi connectivity index (χ0) is 12.7. The van der Waals surface area contributed by atoms with Gasteiger partial charge in [0.1, 0.15) is 16.6 Å². The molecule has 0 spiro atoms. The molecule has 3 rings (SSSR count). The fourth-order valence-electron chi connectivity index (χ4n) is 2.34. The van der Waals surface area contributed by atoms with Gasteiger partial charge in [-0.3, -0.25) is 0 Å². The molecule has 1 aliphatic carbocycles. The van der Waals surface area contributed by atoms with E-state index in [-0.39, 0.29) is 11.4 Å². The molecular formula is C13H12ClFN2O. The Morgan fingerprint density at radius 2 is 2.06 bits per heavy atom. The fraction of sp³-hybridized carbons (Fsp3) is 0.308. The number of halogens is 2. The molecule has 1 aromatic heterocycles. The van der Waals surface area contributed by atoms with E-state index >= 15 is 0 Å². The van der Waals surface area contributed by atoms with Gasteiger partial charge < -0.3 is 5.11 Å². The Morgan fingerprint density at radius 1 is 1.28 bits per heavy atom. The lowest BCUT2D eigenvalue weighted by Gasteiger charge is -2.08. The Bertz CT molecular complexity index is 609. The third-order valence-electron chi connectivity index (χ3n) is 3.25. The van der Waals surface area contributed by atoms with Crippen molar-refractivity contribution in [2.75, 3.05) is 0 Å². The Hall–Kier alpha value is -1.55. The van der Waals surface area contributed by atoms with E-state index in [1.54, 1.807) is 0 Å². The maximum atomic E-state index is 13.8. The number of aryl methyl sites for hydroxylation is 1. The molecule has 2 aromatic rings. The summed E-state index contributed by atoms with van der Waals surface area (Å²) in [5.74, 6) is -0.638. The first-order valence-electron chi connectivity index (χ1n) is 5.92. The van der Waals surface area contributed by atoms with Crippen molar-refractivity contribution < 1.29 is 9.50 Å². The first-order chi connectivity index (χ1) is 8.66. The van der Waals surface area contributed by atoms with Crippen LogP contribution in [0.2, 0.25) is 5.15 Å². The zero-order valence-electron chi connectivity index (χ0n) is 9.66. The number of phenolic OH excluding ortho intramolecular Hbond substituents is 1. The van der Waals surface area contributed by atoms with Crippen LogP contribution in [0.25, 0.3) is 5.69 Å². The standard InChI is InChI=1S/C13H12ClFN2O/c14-13-9-3-1-2-4-11(9)16-17(13)12-6-5-8(18)7-10(12)15/h5-7,18H,1-4H2. The summed E-state index contributed by atoms with van der Waals surface area (Å²) in [4.78, 5) is 0. The highest BCUT2D eigenvalue weighted by Gasteiger charge is 2.21. The predicted molar refractivity (Wildman–Crippen MR) is 66.8 cm³/mol. The molecule has 1 N–H and O–H groups in total. The van der Waals surface area contributed by atoms with Gasteiger partial charge in [0.15, 0.2) is 5.82 Å². The number of aromatic nitrogens is 2. The second-order valence-corrected chi connectivity index (χ2v) is 4.83. The van der Waals surface area contributed by atoms with Crippen molar-refractivity contribution in [3.8, 4) is 11.4 Å². The van der Waals surface area contributed by atoms with Gasteiger partial charge in [0, 0.05) is 11.6 Å². The van der Waals surface area contributed by atoms with Crippen molar-refractivity contribution in [3.05, 3.63) is 40.4 Å². The number of benzene rings is 1. The fourth-order valence-corrected chi connectivity index (χ4v) is 2.67. The van der Waals surface area contributed by atoms with Crippen LogP contribution in [0.3, 0.4) is 0 Å². The van der Waals surface area contributed by atoms with E-state index in [4.69, 9.17) is 11.6 Å². The average Bonchev–Trinajstić information content (AvgIpc) is 2.68. The predicted octanol–water partition coefficient (Wildman–Crippen LogP) is 3.25. The molecule has 0 saturated carbocycles. The lowest BCUT2D eigenvalue weighted by Crippen LogP contribution is -2.01. The van der Waals surface area contributed by atoms with E-state index in [0.29, 0.717) is 5.15 Å². The highest BCUT2D eigenvalue weighted by Crippen LogP contribution is 2.30. The van der Waals surface area contributed by atoms with Gasteiger partial charge in [-0.1, -0.05) is 11.6 Å². The van der Waals surface area contributed by atoms with Crippen molar-refractivity contribution in [1.29, 1.82) is 0 Å². The largest absolute Gasteiger partial charge is 0.508 e. The third kappa shape index (κ3) is 1.77. The first kappa shape index (κ1) is 11.5. The van der Waals surface area contributed by atoms with Gasteiger partial charge in [0.25, 0.3) is 0 Å². The van der Waals surface area contributed by atoms with Gasteiger partial charge in [-0.05, 0) is 37.8 Å². The molecule has 1 aromatic carbocycles. The molecule has 0 atom stereocenters. The molecule has 1 aliphatic rings. The molecular weight excluding hydrogens is 255 g/mol.